The molecule has 1 aliphatic rings. The Bertz CT molecular complexity index is 839. The third kappa shape index (κ3) is 30.0. The summed E-state index contributed by atoms with van der Waals surface area (Å²) in [7, 11) is 2.13. The number of hydrogen-bond acceptors (Lipinski definition) is 5. The van der Waals surface area contributed by atoms with E-state index >= 15 is 0 Å². The number of amides is 1. The second-order valence-electron chi connectivity index (χ2n) is 16.8. The summed E-state index contributed by atoms with van der Waals surface area (Å²) in [5, 5.41) is 3.32. The van der Waals surface area contributed by atoms with Crippen molar-refractivity contribution < 1.29 is 14.3 Å². The minimum absolute atomic E-state index is 0.114. The van der Waals surface area contributed by atoms with Crippen LogP contribution in [-0.4, -0.2) is 74.1 Å². The highest BCUT2D eigenvalue weighted by atomic mass is 16.5. The van der Waals surface area contributed by atoms with E-state index in [4.69, 9.17) is 4.74 Å². The first-order valence-electron chi connectivity index (χ1n) is 22.9. The van der Waals surface area contributed by atoms with Crippen molar-refractivity contribution in [3.63, 3.8) is 0 Å². The molecule has 2 unspecified atom stereocenters. The molecule has 1 N–H and O–H groups in total. The van der Waals surface area contributed by atoms with E-state index in [1.54, 1.807) is 0 Å². The number of carbonyl (C=O) groups excluding carboxylic acids is 2. The van der Waals surface area contributed by atoms with Crippen molar-refractivity contribution in [2.75, 3.05) is 46.4 Å². The molecule has 6 heteroatoms. The van der Waals surface area contributed by atoms with Crippen LogP contribution in [0.5, 0.6) is 0 Å². The van der Waals surface area contributed by atoms with Gasteiger partial charge in [0.15, 0.2) is 0 Å². The smallest absolute Gasteiger partial charge is 0.320 e. The average molecular weight is 732 g/mol. The zero-order valence-electron chi connectivity index (χ0n) is 35.5. The molecule has 0 spiro atoms. The molecule has 1 amide bonds. The van der Waals surface area contributed by atoms with Gasteiger partial charge in [-0.25, -0.2) is 0 Å². The lowest BCUT2D eigenvalue weighted by molar-refractivity contribution is -0.147. The summed E-state index contributed by atoms with van der Waals surface area (Å²) >= 11 is 0. The Labute approximate surface area is 324 Å². The van der Waals surface area contributed by atoms with Gasteiger partial charge in [0.05, 0.1) is 12.6 Å². The van der Waals surface area contributed by atoms with Crippen molar-refractivity contribution in [3.8, 4) is 0 Å². The van der Waals surface area contributed by atoms with Crippen molar-refractivity contribution in [2.24, 2.45) is 11.8 Å². The number of allylic oxidation sites excluding steroid dienone is 2. The van der Waals surface area contributed by atoms with E-state index in [1.165, 1.54) is 154 Å². The van der Waals surface area contributed by atoms with Crippen molar-refractivity contribution in [3.05, 3.63) is 12.2 Å². The molecule has 1 aliphatic heterocycles. The lowest BCUT2D eigenvalue weighted by Gasteiger charge is -2.31. The van der Waals surface area contributed by atoms with Gasteiger partial charge in [-0.15, -0.1) is 0 Å². The molecule has 0 bridgehead atoms. The Hall–Kier alpha value is -1.40. The Kier molecular flexibility index (Phi) is 33.0. The fraction of sp³-hybridized carbons (Fsp3) is 0.913. The fourth-order valence-electron chi connectivity index (χ4n) is 7.59. The van der Waals surface area contributed by atoms with Gasteiger partial charge in [-0.05, 0) is 57.4 Å². The average Bonchev–Trinajstić information content (AvgIpc) is 3.13. The minimum atomic E-state index is -0.164. The fourth-order valence-corrected chi connectivity index (χ4v) is 7.59. The lowest BCUT2D eigenvalue weighted by atomic mass is 9.85. The topological polar surface area (TPSA) is 61.9 Å². The molecule has 306 valence electrons. The number of piperazine rings is 1. The summed E-state index contributed by atoms with van der Waals surface area (Å²) in [6.45, 7) is 13.6. The van der Waals surface area contributed by atoms with Crippen LogP contribution in [0.2, 0.25) is 0 Å². The predicted octanol–water partition coefficient (Wildman–Crippen LogP) is 12.1. The van der Waals surface area contributed by atoms with Crippen LogP contribution in [0.15, 0.2) is 12.2 Å². The highest BCUT2D eigenvalue weighted by molar-refractivity contribution is 5.76. The summed E-state index contributed by atoms with van der Waals surface area (Å²) in [5.74, 6) is 1.01. The number of nitrogens with one attached hydrogen (secondary N) is 1. The monoisotopic (exact) mass is 732 g/mol. The van der Waals surface area contributed by atoms with E-state index in [9.17, 15) is 9.59 Å². The Morgan fingerprint density at radius 3 is 1.60 bits per heavy atom. The van der Waals surface area contributed by atoms with E-state index in [0.29, 0.717) is 24.8 Å². The van der Waals surface area contributed by atoms with E-state index in [1.807, 2.05) is 0 Å². The first-order chi connectivity index (χ1) is 25.3. The van der Waals surface area contributed by atoms with E-state index < -0.39 is 0 Å². The minimum Gasteiger partial charge on any atom is -0.463 e. The highest BCUT2D eigenvalue weighted by Gasteiger charge is 2.23. The quantitative estimate of drug-likeness (QED) is 0.0395. The summed E-state index contributed by atoms with van der Waals surface area (Å²) in [6, 6.07) is -0.114. The molecule has 1 rings (SSSR count). The van der Waals surface area contributed by atoms with Gasteiger partial charge < -0.3 is 15.0 Å². The molecule has 6 nitrogen and oxygen atoms in total. The van der Waals surface area contributed by atoms with Crippen LogP contribution in [0.25, 0.3) is 0 Å². The van der Waals surface area contributed by atoms with Crippen molar-refractivity contribution in [1.82, 2.24) is 15.1 Å². The number of carbonyl (C=O) groups is 2. The lowest BCUT2D eigenvalue weighted by Crippen LogP contribution is -2.47. The predicted molar refractivity (Wildman–Crippen MR) is 225 cm³/mol. The molecule has 0 aromatic rings. The van der Waals surface area contributed by atoms with Crippen LogP contribution in [0, 0.1) is 11.8 Å². The van der Waals surface area contributed by atoms with Crippen LogP contribution in [0.3, 0.4) is 0 Å². The van der Waals surface area contributed by atoms with Gasteiger partial charge in [0.25, 0.3) is 0 Å². The first kappa shape index (κ1) is 48.6. The van der Waals surface area contributed by atoms with Gasteiger partial charge in [-0.1, -0.05) is 175 Å². The Morgan fingerprint density at radius 2 is 1.10 bits per heavy atom. The SMILES string of the molecule is CCCCCCCC/C=C\CCCCCCCC(=O)NC(COC(=O)CN1CCN(C)CC1)CC(CCCCCCCCCCCCCC)C(C)C. The largest absolute Gasteiger partial charge is 0.463 e. The Balaban J connectivity index is 2.40. The van der Waals surface area contributed by atoms with Crippen molar-refractivity contribution in [1.29, 1.82) is 0 Å². The summed E-state index contributed by atoms with van der Waals surface area (Å²) in [5.41, 5.74) is 0. The second kappa shape index (κ2) is 35.3. The third-order valence-electron chi connectivity index (χ3n) is 11.4. The molecule has 2 atom stereocenters. The Morgan fingerprint density at radius 1 is 0.635 bits per heavy atom. The van der Waals surface area contributed by atoms with Crippen LogP contribution in [0.4, 0.5) is 0 Å². The van der Waals surface area contributed by atoms with Gasteiger partial charge >= 0.3 is 5.97 Å². The molecule has 52 heavy (non-hydrogen) atoms. The highest BCUT2D eigenvalue weighted by Crippen LogP contribution is 2.25. The summed E-state index contributed by atoms with van der Waals surface area (Å²) in [4.78, 5) is 30.5. The number of nitrogens with zero attached hydrogens (tertiary/aromatic N) is 2. The maximum absolute atomic E-state index is 13.1. The van der Waals surface area contributed by atoms with Gasteiger partial charge in [-0.3, -0.25) is 14.5 Å². The van der Waals surface area contributed by atoms with Crippen molar-refractivity contribution >= 4 is 11.9 Å². The molecule has 0 aliphatic carbocycles. The van der Waals surface area contributed by atoms with E-state index in [0.717, 1.165) is 45.4 Å². The summed E-state index contributed by atoms with van der Waals surface area (Å²) < 4.78 is 5.85. The zero-order chi connectivity index (χ0) is 37.9. The van der Waals surface area contributed by atoms with Gasteiger partial charge in [0.2, 0.25) is 5.91 Å². The van der Waals surface area contributed by atoms with Crippen molar-refractivity contribution in [2.45, 2.75) is 214 Å². The first-order valence-corrected chi connectivity index (χ1v) is 22.9. The molecule has 0 aromatic carbocycles. The molecule has 0 saturated carbocycles. The van der Waals surface area contributed by atoms with Crippen LogP contribution >= 0.6 is 0 Å². The number of unbranched alkanes of at least 4 members (excludes halogenated alkanes) is 22. The number of esters is 1. The maximum atomic E-state index is 13.1. The number of likely N-dealkylation sites (N-methyl/N-ethyl adjacent to an activating group) is 1. The van der Waals surface area contributed by atoms with Crippen LogP contribution < -0.4 is 5.32 Å². The zero-order valence-corrected chi connectivity index (χ0v) is 35.5. The molecular formula is C46H89N3O3. The molecular weight excluding hydrogens is 643 g/mol. The second-order valence-corrected chi connectivity index (χ2v) is 16.8. The molecule has 1 saturated heterocycles. The number of hydrogen-bond donors (Lipinski definition) is 1. The maximum Gasteiger partial charge on any atom is 0.320 e. The van der Waals surface area contributed by atoms with Crippen LogP contribution in [-0.2, 0) is 14.3 Å². The molecule has 0 radical (unpaired) electrons. The molecule has 0 aromatic heterocycles. The normalized spacial score (nSPS) is 15.4. The molecule has 1 heterocycles. The standard InChI is InChI=1S/C46H89N3O3/c1-6-8-10-12-14-16-18-20-21-22-24-26-28-30-32-34-45(50)47-44(41-52-46(51)40-49-37-35-48(5)36-38-49)39-43(42(3)4)33-31-29-27-25-23-19-17-15-13-11-9-7-2/h20-21,42-44H,6-19,22-41H2,1-5H3,(H,47,50)/b21-20-. The van der Waals surface area contributed by atoms with Gasteiger partial charge in [-0.2, -0.15) is 0 Å². The summed E-state index contributed by atoms with van der Waals surface area (Å²) in [6.07, 6.45) is 40.1. The molecule has 1 fully saturated rings. The number of rotatable bonds is 36. The van der Waals surface area contributed by atoms with Gasteiger partial charge in [0.1, 0.15) is 6.61 Å². The van der Waals surface area contributed by atoms with Crippen LogP contribution in [0.1, 0.15) is 207 Å². The van der Waals surface area contributed by atoms with E-state index in [2.05, 4.69) is 62.0 Å². The third-order valence-corrected chi connectivity index (χ3v) is 11.4. The van der Waals surface area contributed by atoms with Gasteiger partial charge in [0, 0.05) is 32.6 Å². The number of ether oxygens (including phenoxy) is 1. The van der Waals surface area contributed by atoms with E-state index in [-0.39, 0.29) is 24.5 Å².